The molecule has 0 heterocycles. The van der Waals surface area contributed by atoms with Crippen molar-refractivity contribution in [3.05, 3.63) is 0 Å². The van der Waals surface area contributed by atoms with Crippen molar-refractivity contribution in [1.29, 1.82) is 0 Å². The van der Waals surface area contributed by atoms with Crippen LogP contribution in [0.2, 0.25) is 0 Å². The van der Waals surface area contributed by atoms with Crippen molar-refractivity contribution in [2.75, 3.05) is 0 Å². The third-order valence-corrected chi connectivity index (χ3v) is 3.63. The Morgan fingerprint density at radius 1 is 0.824 bits per heavy atom. The number of halogens is 6. The zero-order valence-corrected chi connectivity index (χ0v) is 10.3. The molecule has 104 valence electrons. The average molecular weight is 303 g/mol. The first-order chi connectivity index (χ1) is 7.46. The van der Waals surface area contributed by atoms with E-state index in [4.69, 9.17) is 0 Å². The lowest BCUT2D eigenvalue weighted by molar-refractivity contribution is -0.135. The van der Waals surface area contributed by atoms with Crippen LogP contribution in [-0.2, 0) is 9.05 Å². The van der Waals surface area contributed by atoms with Gasteiger partial charge in [-0.2, -0.15) is 22.0 Å². The van der Waals surface area contributed by atoms with Crippen molar-refractivity contribution in [2.45, 2.75) is 50.0 Å². The highest BCUT2D eigenvalue weighted by Crippen LogP contribution is 2.31. The van der Waals surface area contributed by atoms with Crippen molar-refractivity contribution in [1.82, 2.24) is 0 Å². The van der Waals surface area contributed by atoms with Crippen molar-refractivity contribution in [3.8, 4) is 0 Å². The molecule has 0 radical (unpaired) electrons. The van der Waals surface area contributed by atoms with Crippen LogP contribution in [0.15, 0.2) is 0 Å². The van der Waals surface area contributed by atoms with Gasteiger partial charge in [0, 0.05) is 23.5 Å². The minimum absolute atomic E-state index is 0.109. The summed E-state index contributed by atoms with van der Waals surface area (Å²) in [6, 6.07) is 0. The molecule has 0 N–H and O–H groups in total. The molecule has 0 rings (SSSR count). The van der Waals surface area contributed by atoms with Crippen LogP contribution in [0.1, 0.15) is 38.5 Å². The van der Waals surface area contributed by atoms with Gasteiger partial charge in [-0.1, -0.05) is 12.8 Å². The van der Waals surface area contributed by atoms with Gasteiger partial charge in [-0.15, -0.1) is 0 Å². The first-order valence-electron chi connectivity index (χ1n) is 4.84. The summed E-state index contributed by atoms with van der Waals surface area (Å²) < 4.78 is 81.3. The monoisotopic (exact) mass is 302 g/mol. The topological polar surface area (TPSA) is 34.1 Å². The van der Waals surface area contributed by atoms with Gasteiger partial charge in [0.2, 0.25) is 0 Å². The Balaban J connectivity index is 3.73. The summed E-state index contributed by atoms with van der Waals surface area (Å²) in [5, 5.41) is -4.02. The highest BCUT2D eigenvalue weighted by atomic mass is 35.7. The van der Waals surface area contributed by atoms with Gasteiger partial charge in [-0.25, -0.2) is 8.42 Å². The first-order valence-corrected chi connectivity index (χ1v) is 7.15. The number of alkyl halides is 5. The van der Waals surface area contributed by atoms with Crippen LogP contribution in [0.3, 0.4) is 0 Å². The van der Waals surface area contributed by atoms with Gasteiger partial charge in [0.15, 0.2) is 0 Å². The third-order valence-electron chi connectivity index (χ3n) is 2.03. The summed E-state index contributed by atoms with van der Waals surface area (Å²) in [5.41, 5.74) is 0. The number of unbranched alkanes of at least 4 members (excludes halogenated alkanes) is 3. The predicted octanol–water partition coefficient (Wildman–Crippen LogP) is 4.05. The average Bonchev–Trinajstić information content (AvgIpc) is 2.07. The molecule has 0 unspecified atom stereocenters. The van der Waals surface area contributed by atoms with Gasteiger partial charge >= 0.3 is 11.4 Å². The molecule has 9 heteroatoms. The molecular weight excluding hydrogens is 291 g/mol. The lowest BCUT2D eigenvalue weighted by Gasteiger charge is -2.12. The summed E-state index contributed by atoms with van der Waals surface area (Å²) in [5.74, 6) is 0. The Morgan fingerprint density at radius 3 is 1.59 bits per heavy atom. The largest absolute Gasteiger partial charge is 0.389 e. The molecule has 0 aliphatic heterocycles. The zero-order chi connectivity index (χ0) is 13.7. The molecule has 0 aliphatic carbocycles. The van der Waals surface area contributed by atoms with Crippen LogP contribution in [-0.4, -0.2) is 19.8 Å². The molecule has 0 aromatic heterocycles. The lowest BCUT2D eigenvalue weighted by atomic mass is 10.1. The molecule has 2 nitrogen and oxygen atoms in total. The van der Waals surface area contributed by atoms with E-state index in [9.17, 15) is 30.4 Å². The molecule has 0 fully saturated rings. The Morgan fingerprint density at radius 2 is 1.24 bits per heavy atom. The highest BCUT2D eigenvalue weighted by Gasteiger charge is 2.42. The third kappa shape index (κ3) is 7.75. The van der Waals surface area contributed by atoms with E-state index in [1.807, 2.05) is 0 Å². The molecule has 0 atom stereocenters. The number of hydrogen-bond acceptors (Lipinski definition) is 2. The van der Waals surface area contributed by atoms with Crippen LogP contribution in [0.5, 0.6) is 0 Å². The maximum atomic E-state index is 12.7. The minimum Gasteiger partial charge on any atom is -0.206 e. The van der Waals surface area contributed by atoms with Gasteiger partial charge < -0.3 is 0 Å². The molecule has 0 amide bonds. The van der Waals surface area contributed by atoms with E-state index >= 15 is 0 Å². The van der Waals surface area contributed by atoms with Crippen LogP contribution in [0.4, 0.5) is 22.0 Å². The van der Waals surface area contributed by atoms with Crippen LogP contribution in [0, 0.1) is 0 Å². The van der Waals surface area contributed by atoms with Gasteiger partial charge in [0.25, 0.3) is 9.05 Å². The van der Waals surface area contributed by atoms with E-state index < -0.39 is 33.3 Å². The maximum Gasteiger partial charge on any atom is 0.389 e. The van der Waals surface area contributed by atoms with E-state index in [1.54, 1.807) is 0 Å². The second-order valence-electron chi connectivity index (χ2n) is 3.60. The summed E-state index contributed by atoms with van der Waals surface area (Å²) in [7, 11) is -0.461. The fourth-order valence-corrected chi connectivity index (χ4v) is 1.75. The van der Waals surface area contributed by atoms with E-state index in [0.717, 1.165) is 0 Å². The van der Waals surface area contributed by atoms with Gasteiger partial charge in [0.05, 0.1) is 0 Å². The fourth-order valence-electron chi connectivity index (χ4n) is 1.13. The number of hydrogen-bond donors (Lipinski definition) is 0. The van der Waals surface area contributed by atoms with E-state index in [-0.39, 0.29) is 25.7 Å². The smallest absolute Gasteiger partial charge is 0.206 e. The fraction of sp³-hybridized carbons (Fsp3) is 1.00. The second-order valence-corrected chi connectivity index (χ2v) is 6.30. The molecule has 0 aliphatic rings. The molecule has 17 heavy (non-hydrogen) atoms. The predicted molar refractivity (Wildman–Crippen MR) is 53.5 cm³/mol. The SMILES string of the molecule is O=S(=O)(Cl)C(F)(F)CCCCCCC(F)(F)F. The Hall–Kier alpha value is -0.110. The second kappa shape index (κ2) is 6.17. The first kappa shape index (κ1) is 16.9. The molecular formula is C8H12ClF5O2S. The summed E-state index contributed by atoms with van der Waals surface area (Å²) >= 11 is 0. The van der Waals surface area contributed by atoms with Gasteiger partial charge in [0.1, 0.15) is 0 Å². The summed E-state index contributed by atoms with van der Waals surface area (Å²) in [6.07, 6.45) is -6.28. The van der Waals surface area contributed by atoms with Gasteiger partial charge in [-0.3, -0.25) is 0 Å². The van der Waals surface area contributed by atoms with Crippen LogP contribution in [0.25, 0.3) is 0 Å². The summed E-state index contributed by atoms with van der Waals surface area (Å²) in [6.45, 7) is 0. The molecule has 0 saturated carbocycles. The van der Waals surface area contributed by atoms with Crippen LogP contribution < -0.4 is 0 Å². The Kier molecular flexibility index (Phi) is 6.13. The van der Waals surface area contributed by atoms with E-state index in [2.05, 4.69) is 10.7 Å². The normalized spacial score (nSPS) is 14.0. The van der Waals surface area contributed by atoms with Crippen molar-refractivity contribution in [3.63, 3.8) is 0 Å². The summed E-state index contributed by atoms with van der Waals surface area (Å²) in [4.78, 5) is 0. The lowest BCUT2D eigenvalue weighted by Crippen LogP contribution is -2.23. The van der Waals surface area contributed by atoms with Crippen molar-refractivity contribution in [2.24, 2.45) is 0 Å². The quantitative estimate of drug-likeness (QED) is 0.404. The molecule has 0 saturated heterocycles. The van der Waals surface area contributed by atoms with Gasteiger partial charge in [-0.05, 0) is 12.8 Å². The Bertz CT molecular complexity index is 325. The minimum atomic E-state index is -4.96. The number of rotatable bonds is 7. The van der Waals surface area contributed by atoms with E-state index in [0.29, 0.717) is 0 Å². The van der Waals surface area contributed by atoms with Crippen molar-refractivity contribution < 1.29 is 30.4 Å². The molecule has 0 aromatic carbocycles. The van der Waals surface area contributed by atoms with Crippen LogP contribution >= 0.6 is 10.7 Å². The maximum absolute atomic E-state index is 12.7. The standard InChI is InChI=1S/C8H12ClF5O2S/c9-17(15,16)8(13,14)6-4-2-1-3-5-7(10,11)12/h1-6H2. The zero-order valence-electron chi connectivity index (χ0n) is 8.74. The van der Waals surface area contributed by atoms with Crippen molar-refractivity contribution >= 4 is 19.7 Å². The molecule has 0 spiro atoms. The molecule has 0 aromatic rings. The Labute approximate surface area is 101 Å². The molecule has 0 bridgehead atoms. The van der Waals surface area contributed by atoms with E-state index in [1.165, 1.54) is 0 Å². The highest BCUT2D eigenvalue weighted by molar-refractivity contribution is 8.14.